The number of pyridine rings is 1. The first-order valence-corrected chi connectivity index (χ1v) is 12.5. The highest BCUT2D eigenvalue weighted by Gasteiger charge is 2.39. The summed E-state index contributed by atoms with van der Waals surface area (Å²) in [4.78, 5) is 17.7. The largest absolute Gasteiger partial charge is 0.375 e. The first kappa shape index (κ1) is 29.5. The molecule has 0 atom stereocenters. The summed E-state index contributed by atoms with van der Waals surface area (Å²) in [5.74, 6) is 0.482. The first-order chi connectivity index (χ1) is 16.8. The third kappa shape index (κ3) is 6.98. The van der Waals surface area contributed by atoms with Crippen molar-refractivity contribution in [3.8, 4) is 6.07 Å². The van der Waals surface area contributed by atoms with E-state index in [1.807, 2.05) is 77.4 Å². The van der Waals surface area contributed by atoms with E-state index < -0.39 is 5.54 Å². The van der Waals surface area contributed by atoms with Crippen LogP contribution >= 0.6 is 0 Å². The smallest absolute Gasteiger partial charge is 0.261 e. The zero-order valence-corrected chi connectivity index (χ0v) is 22.5. The molecular weight excluding hydrogens is 436 g/mol. The van der Waals surface area contributed by atoms with E-state index in [0.29, 0.717) is 17.6 Å². The third-order valence-corrected chi connectivity index (χ3v) is 5.82. The number of nitriles is 1. The summed E-state index contributed by atoms with van der Waals surface area (Å²) >= 11 is 0. The van der Waals surface area contributed by atoms with Crippen LogP contribution < -0.4 is 10.9 Å². The van der Waals surface area contributed by atoms with Gasteiger partial charge in [-0.3, -0.25) is 9.48 Å². The lowest BCUT2D eigenvalue weighted by Crippen LogP contribution is -2.45. The van der Waals surface area contributed by atoms with Gasteiger partial charge in [0.25, 0.3) is 5.56 Å². The van der Waals surface area contributed by atoms with E-state index in [0.717, 1.165) is 48.4 Å². The molecule has 1 aliphatic heterocycles. The molecule has 0 saturated carbocycles. The summed E-state index contributed by atoms with van der Waals surface area (Å²) in [6.07, 6.45) is 9.18. The fourth-order valence-corrected chi connectivity index (χ4v) is 4.02. The van der Waals surface area contributed by atoms with Gasteiger partial charge in [-0.05, 0) is 45.8 Å². The zero-order valence-electron chi connectivity index (χ0n) is 22.5. The fourth-order valence-electron chi connectivity index (χ4n) is 4.02. The number of piperidine rings is 1. The van der Waals surface area contributed by atoms with Gasteiger partial charge in [0.15, 0.2) is 5.82 Å². The molecule has 190 valence electrons. The molecule has 7 nitrogen and oxygen atoms in total. The van der Waals surface area contributed by atoms with Crippen LogP contribution in [0.3, 0.4) is 0 Å². The Morgan fingerprint density at radius 1 is 1.23 bits per heavy atom. The van der Waals surface area contributed by atoms with Crippen molar-refractivity contribution in [3.05, 3.63) is 71.0 Å². The molecule has 3 heterocycles. The lowest BCUT2D eigenvalue weighted by atomic mass is 9.84. The van der Waals surface area contributed by atoms with Crippen molar-refractivity contribution >= 4 is 16.7 Å². The second kappa shape index (κ2) is 14.0. The molecule has 2 N–H and O–H groups in total. The minimum Gasteiger partial charge on any atom is -0.375 e. The third-order valence-electron chi connectivity index (χ3n) is 5.82. The molecular formula is C28H42N6O. The maximum Gasteiger partial charge on any atom is 0.261 e. The van der Waals surface area contributed by atoms with Crippen LogP contribution in [0.15, 0.2) is 65.4 Å². The number of rotatable bonds is 7. The molecule has 0 bridgehead atoms. The number of nitrogens with one attached hydrogen (secondary N) is 2. The molecule has 1 aliphatic rings. The van der Waals surface area contributed by atoms with Gasteiger partial charge in [-0.25, -0.2) is 0 Å². The molecule has 0 amide bonds. The van der Waals surface area contributed by atoms with Gasteiger partial charge in [0.1, 0.15) is 5.39 Å². The molecule has 35 heavy (non-hydrogen) atoms. The monoisotopic (exact) mass is 478 g/mol. The van der Waals surface area contributed by atoms with Gasteiger partial charge in [0.05, 0.1) is 23.5 Å². The Balaban J connectivity index is 0.00000145. The summed E-state index contributed by atoms with van der Waals surface area (Å²) in [7, 11) is 0. The summed E-state index contributed by atoms with van der Waals surface area (Å²) in [6.45, 7) is 23.4. The van der Waals surface area contributed by atoms with E-state index in [-0.39, 0.29) is 5.56 Å². The van der Waals surface area contributed by atoms with Crippen LogP contribution in [0.4, 0.5) is 5.82 Å². The van der Waals surface area contributed by atoms with Crippen molar-refractivity contribution < 1.29 is 0 Å². The highest BCUT2D eigenvalue weighted by Crippen LogP contribution is 2.37. The van der Waals surface area contributed by atoms with Crippen LogP contribution in [-0.4, -0.2) is 32.8 Å². The molecule has 2 aromatic heterocycles. The van der Waals surface area contributed by atoms with Crippen LogP contribution in [0.2, 0.25) is 0 Å². The maximum atomic E-state index is 12.7. The van der Waals surface area contributed by atoms with Gasteiger partial charge in [-0.15, -0.1) is 0 Å². The standard InChI is InChI=1S/C24H30N6O.2C2H6/c1-6-19(8-7-17(2)3)27-22-21-20(9-14-26-23(21)31)30(28-22)24(10-13-25)11-15-29(16-12-24)18(4)5;2*1-2/h6-9,14H,2,4,10-12,15-16H2,1,3,5H3,(H,26,31)(H,27,28);2*1-2H3/b8-7-,19-6+;;. The fraction of sp³-hybridized carbons (Fsp3) is 0.464. The first-order valence-electron chi connectivity index (χ1n) is 12.5. The molecule has 1 saturated heterocycles. The van der Waals surface area contributed by atoms with Gasteiger partial charge in [0.2, 0.25) is 0 Å². The van der Waals surface area contributed by atoms with E-state index in [9.17, 15) is 10.1 Å². The number of anilines is 1. The number of fused-ring (bicyclic) bond motifs is 1. The summed E-state index contributed by atoms with van der Waals surface area (Å²) in [5, 5.41) is 18.3. The minimum atomic E-state index is -0.476. The van der Waals surface area contributed by atoms with Crippen molar-refractivity contribution in [3.63, 3.8) is 0 Å². The molecule has 0 spiro atoms. The predicted molar refractivity (Wildman–Crippen MR) is 148 cm³/mol. The highest BCUT2D eigenvalue weighted by molar-refractivity contribution is 5.90. The van der Waals surface area contributed by atoms with E-state index in [1.54, 1.807) is 6.20 Å². The molecule has 1 fully saturated rings. The lowest BCUT2D eigenvalue weighted by Gasteiger charge is -2.42. The van der Waals surface area contributed by atoms with Gasteiger partial charge in [-0.1, -0.05) is 58.6 Å². The van der Waals surface area contributed by atoms with E-state index in [2.05, 4.69) is 34.4 Å². The lowest BCUT2D eigenvalue weighted by molar-refractivity contribution is 0.129. The Kier molecular flexibility index (Phi) is 11.8. The molecule has 0 unspecified atom stereocenters. The van der Waals surface area contributed by atoms with Gasteiger partial charge >= 0.3 is 0 Å². The normalized spacial score (nSPS) is 14.9. The Bertz CT molecular complexity index is 1150. The number of likely N-dealkylation sites (tertiary alicyclic amines) is 1. The van der Waals surface area contributed by atoms with Crippen LogP contribution in [-0.2, 0) is 5.54 Å². The van der Waals surface area contributed by atoms with Crippen LogP contribution in [0.5, 0.6) is 0 Å². The van der Waals surface area contributed by atoms with E-state index in [4.69, 9.17) is 5.10 Å². The minimum absolute atomic E-state index is 0.211. The Morgan fingerprint density at radius 3 is 2.37 bits per heavy atom. The van der Waals surface area contributed by atoms with E-state index in [1.165, 1.54) is 0 Å². The van der Waals surface area contributed by atoms with Crippen molar-refractivity contribution in [2.24, 2.45) is 0 Å². The SMILES string of the molecule is C=C(C)/C=C\C(=C/C)Nc1nn(C2(CC#N)CCN(C(=C)C)CC2)c2cc[nH]c(=O)c12.CC.CC. The van der Waals surface area contributed by atoms with Crippen molar-refractivity contribution in [1.82, 2.24) is 19.7 Å². The number of H-pyrrole nitrogens is 1. The molecule has 2 aromatic rings. The van der Waals surface area contributed by atoms with Crippen LogP contribution in [0.25, 0.3) is 10.9 Å². The second-order valence-corrected chi connectivity index (χ2v) is 8.16. The zero-order chi connectivity index (χ0) is 26.6. The van der Waals surface area contributed by atoms with Gasteiger partial charge in [-0.2, -0.15) is 10.4 Å². The summed E-state index contributed by atoms with van der Waals surface area (Å²) in [6, 6.07) is 4.21. The van der Waals surface area contributed by atoms with Crippen LogP contribution in [0, 0.1) is 11.3 Å². The van der Waals surface area contributed by atoms with Crippen molar-refractivity contribution in [2.75, 3.05) is 18.4 Å². The number of aromatic nitrogens is 3. The van der Waals surface area contributed by atoms with Crippen molar-refractivity contribution in [2.45, 2.75) is 73.3 Å². The predicted octanol–water partition coefficient (Wildman–Crippen LogP) is 6.46. The van der Waals surface area contributed by atoms with E-state index >= 15 is 0 Å². The molecule has 0 radical (unpaired) electrons. The maximum absolute atomic E-state index is 12.7. The molecule has 0 aromatic carbocycles. The number of nitrogens with zero attached hydrogens (tertiary/aromatic N) is 4. The molecule has 0 aliphatic carbocycles. The quantitative estimate of drug-likeness (QED) is 0.446. The summed E-state index contributed by atoms with van der Waals surface area (Å²) in [5.41, 5.74) is 2.80. The van der Waals surface area contributed by atoms with Gasteiger partial charge < -0.3 is 15.2 Å². The average Bonchev–Trinajstić information content (AvgIpc) is 3.24. The molecule has 3 rings (SSSR count). The molecule has 7 heteroatoms. The average molecular weight is 479 g/mol. The highest BCUT2D eigenvalue weighted by atomic mass is 16.1. The van der Waals surface area contributed by atoms with Crippen molar-refractivity contribution in [1.29, 1.82) is 5.26 Å². The topological polar surface area (TPSA) is 89.7 Å². The number of allylic oxidation sites excluding steroid dienone is 5. The second-order valence-electron chi connectivity index (χ2n) is 8.16. The van der Waals surface area contributed by atoms with Gasteiger partial charge in [0, 0.05) is 30.7 Å². The number of aromatic amines is 1. The Labute approximate surface area is 210 Å². The van der Waals surface area contributed by atoms with Crippen LogP contribution in [0.1, 0.15) is 67.7 Å². The summed E-state index contributed by atoms with van der Waals surface area (Å²) < 4.78 is 1.90. The number of hydrogen-bond acceptors (Lipinski definition) is 5. The Morgan fingerprint density at radius 2 is 1.86 bits per heavy atom. The number of hydrogen-bond donors (Lipinski definition) is 2. The Hall–Kier alpha value is -3.53.